The van der Waals surface area contributed by atoms with Crippen LogP contribution in [0.4, 0.5) is 19.0 Å². The summed E-state index contributed by atoms with van der Waals surface area (Å²) in [5.74, 6) is -0.903. The van der Waals surface area contributed by atoms with Crippen molar-refractivity contribution in [2.24, 2.45) is 0 Å². The first-order valence-corrected chi connectivity index (χ1v) is 10.7. The minimum absolute atomic E-state index is 0.0445. The third-order valence-corrected chi connectivity index (χ3v) is 5.80. The molecule has 2 N–H and O–H groups in total. The molecule has 2 aliphatic rings. The van der Waals surface area contributed by atoms with Crippen molar-refractivity contribution in [3.8, 4) is 5.75 Å². The van der Waals surface area contributed by atoms with Crippen LogP contribution in [-0.4, -0.2) is 65.6 Å². The van der Waals surface area contributed by atoms with Crippen LogP contribution in [-0.2, 0) is 16.1 Å². The zero-order chi connectivity index (χ0) is 23.9. The van der Waals surface area contributed by atoms with Gasteiger partial charge in [0.05, 0.1) is 25.4 Å². The minimum atomic E-state index is -5.08. The van der Waals surface area contributed by atoms with Crippen molar-refractivity contribution < 1.29 is 32.5 Å². The highest BCUT2D eigenvalue weighted by Gasteiger charge is 2.42. The SMILES string of the molecule is COc1ccc(CN2CCC3(CC2)CC(Nc2ccccn2)CO3)cc1.O=C(O)C(F)(F)F. The van der Waals surface area contributed by atoms with Gasteiger partial charge in [-0.25, -0.2) is 9.78 Å². The summed E-state index contributed by atoms with van der Waals surface area (Å²) in [6.45, 7) is 3.94. The van der Waals surface area contributed by atoms with Crippen molar-refractivity contribution in [3.63, 3.8) is 0 Å². The normalized spacial score (nSPS) is 20.1. The predicted octanol–water partition coefficient (Wildman–Crippen LogP) is 3.96. The van der Waals surface area contributed by atoms with E-state index in [1.165, 1.54) is 5.56 Å². The van der Waals surface area contributed by atoms with Crippen molar-refractivity contribution in [3.05, 3.63) is 54.2 Å². The first kappa shape index (κ1) is 24.8. The number of benzene rings is 1. The Morgan fingerprint density at radius 1 is 1.24 bits per heavy atom. The largest absolute Gasteiger partial charge is 0.497 e. The molecule has 0 amide bonds. The molecular formula is C23H28F3N3O4. The number of alkyl halides is 3. The highest BCUT2D eigenvalue weighted by Crippen LogP contribution is 2.37. The number of nitrogens with one attached hydrogen (secondary N) is 1. The maximum atomic E-state index is 10.6. The number of hydrogen-bond acceptors (Lipinski definition) is 6. The quantitative estimate of drug-likeness (QED) is 0.689. The van der Waals surface area contributed by atoms with Crippen molar-refractivity contribution in [1.82, 2.24) is 9.88 Å². The summed E-state index contributed by atoms with van der Waals surface area (Å²) in [5, 5.41) is 10.6. The number of pyridine rings is 1. The van der Waals surface area contributed by atoms with Crippen LogP contribution in [0.2, 0.25) is 0 Å². The number of aliphatic carboxylic acids is 1. The highest BCUT2D eigenvalue weighted by atomic mass is 19.4. The van der Waals surface area contributed by atoms with E-state index in [-0.39, 0.29) is 5.60 Å². The fraction of sp³-hybridized carbons (Fsp3) is 0.478. The van der Waals surface area contributed by atoms with Crippen LogP contribution in [0.1, 0.15) is 24.8 Å². The van der Waals surface area contributed by atoms with Crippen LogP contribution < -0.4 is 10.1 Å². The van der Waals surface area contributed by atoms with Gasteiger partial charge in [0.1, 0.15) is 11.6 Å². The number of ether oxygens (including phenoxy) is 2. The number of anilines is 1. The summed E-state index contributed by atoms with van der Waals surface area (Å²) >= 11 is 0. The molecule has 7 nitrogen and oxygen atoms in total. The molecule has 33 heavy (non-hydrogen) atoms. The molecule has 4 rings (SSSR count). The van der Waals surface area contributed by atoms with Crippen LogP contribution in [0.5, 0.6) is 5.75 Å². The van der Waals surface area contributed by atoms with Gasteiger partial charge in [-0.1, -0.05) is 18.2 Å². The van der Waals surface area contributed by atoms with Crippen LogP contribution in [0.25, 0.3) is 0 Å². The molecule has 2 aromatic rings. The van der Waals surface area contributed by atoms with E-state index >= 15 is 0 Å². The Morgan fingerprint density at radius 3 is 2.45 bits per heavy atom. The number of likely N-dealkylation sites (tertiary alicyclic amines) is 1. The summed E-state index contributed by atoms with van der Waals surface area (Å²) < 4.78 is 43.2. The van der Waals surface area contributed by atoms with E-state index in [1.807, 2.05) is 36.5 Å². The van der Waals surface area contributed by atoms with Crippen molar-refractivity contribution >= 4 is 11.8 Å². The molecule has 0 aliphatic carbocycles. The van der Waals surface area contributed by atoms with E-state index in [1.54, 1.807) is 7.11 Å². The zero-order valence-corrected chi connectivity index (χ0v) is 18.3. The Hall–Kier alpha value is -2.85. The summed E-state index contributed by atoms with van der Waals surface area (Å²) in [4.78, 5) is 15.8. The van der Waals surface area contributed by atoms with Gasteiger partial charge in [-0.05, 0) is 49.1 Å². The Balaban J connectivity index is 0.000000383. The Morgan fingerprint density at radius 2 is 1.91 bits per heavy atom. The fourth-order valence-electron chi connectivity index (χ4n) is 4.05. The maximum absolute atomic E-state index is 10.6. The predicted molar refractivity (Wildman–Crippen MR) is 116 cm³/mol. The van der Waals surface area contributed by atoms with E-state index in [2.05, 4.69) is 27.3 Å². The highest BCUT2D eigenvalue weighted by molar-refractivity contribution is 5.73. The molecule has 1 atom stereocenters. The Labute approximate surface area is 190 Å². The van der Waals surface area contributed by atoms with Gasteiger partial charge in [-0.15, -0.1) is 0 Å². The van der Waals surface area contributed by atoms with Gasteiger partial charge in [-0.2, -0.15) is 13.2 Å². The van der Waals surface area contributed by atoms with Gasteiger partial charge in [0.25, 0.3) is 0 Å². The number of carboxylic acids is 1. The smallest absolute Gasteiger partial charge is 0.490 e. The van der Waals surface area contributed by atoms with Crippen molar-refractivity contribution in [2.45, 2.75) is 43.6 Å². The summed E-state index contributed by atoms with van der Waals surface area (Å²) in [5.41, 5.74) is 1.38. The number of piperidine rings is 1. The van der Waals surface area contributed by atoms with E-state index in [0.29, 0.717) is 6.04 Å². The molecule has 1 aromatic carbocycles. The number of halogens is 3. The van der Waals surface area contributed by atoms with Gasteiger partial charge in [0.15, 0.2) is 0 Å². The van der Waals surface area contributed by atoms with Crippen LogP contribution in [0.3, 0.4) is 0 Å². The molecule has 0 saturated carbocycles. The standard InChI is InChI=1S/C21H27N3O2.C2HF3O2/c1-25-19-7-5-17(6-8-19)15-24-12-9-21(10-13-24)14-18(16-26-21)23-20-4-2-3-11-22-20;3-2(4,5)1(6)7/h2-8,11,18H,9-10,12-16H2,1H3,(H,22,23);(H,6,7). The molecule has 2 fully saturated rings. The molecule has 1 unspecified atom stereocenters. The summed E-state index contributed by atoms with van der Waals surface area (Å²) in [6.07, 6.45) is 0.0125. The third-order valence-electron chi connectivity index (χ3n) is 5.80. The lowest BCUT2D eigenvalue weighted by molar-refractivity contribution is -0.192. The fourth-order valence-corrected chi connectivity index (χ4v) is 4.05. The van der Waals surface area contributed by atoms with E-state index in [4.69, 9.17) is 19.4 Å². The van der Waals surface area contributed by atoms with Crippen LogP contribution in [0.15, 0.2) is 48.7 Å². The average molecular weight is 467 g/mol. The molecule has 2 aliphatic heterocycles. The second-order valence-corrected chi connectivity index (χ2v) is 8.18. The summed E-state index contributed by atoms with van der Waals surface area (Å²) in [7, 11) is 1.71. The molecule has 180 valence electrons. The van der Waals surface area contributed by atoms with Crippen molar-refractivity contribution in [1.29, 1.82) is 0 Å². The van der Waals surface area contributed by atoms with Crippen molar-refractivity contribution in [2.75, 3.05) is 32.1 Å². The molecular weight excluding hydrogens is 439 g/mol. The number of carbonyl (C=O) groups is 1. The first-order chi connectivity index (χ1) is 15.7. The number of hydrogen-bond donors (Lipinski definition) is 2. The topological polar surface area (TPSA) is 83.9 Å². The molecule has 1 aromatic heterocycles. The maximum Gasteiger partial charge on any atom is 0.490 e. The molecule has 0 bridgehead atoms. The monoisotopic (exact) mass is 467 g/mol. The van der Waals surface area contributed by atoms with E-state index in [9.17, 15) is 13.2 Å². The molecule has 10 heteroatoms. The average Bonchev–Trinajstić information content (AvgIpc) is 3.18. The van der Waals surface area contributed by atoms with E-state index < -0.39 is 12.1 Å². The van der Waals surface area contributed by atoms with Crippen LogP contribution >= 0.6 is 0 Å². The van der Waals surface area contributed by atoms with E-state index in [0.717, 1.165) is 57.1 Å². The zero-order valence-electron chi connectivity index (χ0n) is 18.3. The lowest BCUT2D eigenvalue weighted by Gasteiger charge is -2.38. The number of carboxylic acid groups (broad SMARTS) is 1. The number of nitrogens with zero attached hydrogens (tertiary/aromatic N) is 2. The van der Waals surface area contributed by atoms with Gasteiger partial charge in [-0.3, -0.25) is 4.90 Å². The second kappa shape index (κ2) is 10.8. The lowest BCUT2D eigenvalue weighted by Crippen LogP contribution is -2.44. The lowest BCUT2D eigenvalue weighted by atomic mass is 9.87. The number of methoxy groups -OCH3 is 1. The van der Waals surface area contributed by atoms with Gasteiger partial charge in [0, 0.05) is 25.8 Å². The molecule has 1 spiro atoms. The first-order valence-electron chi connectivity index (χ1n) is 10.7. The van der Waals surface area contributed by atoms with Gasteiger partial charge in [0.2, 0.25) is 0 Å². The van der Waals surface area contributed by atoms with Gasteiger partial charge >= 0.3 is 12.1 Å². The van der Waals surface area contributed by atoms with Gasteiger partial charge < -0.3 is 19.9 Å². The number of aromatic nitrogens is 1. The minimum Gasteiger partial charge on any atom is -0.497 e. The number of rotatable bonds is 5. The summed E-state index contributed by atoms with van der Waals surface area (Å²) in [6, 6.07) is 14.7. The Kier molecular flexibility index (Phi) is 8.15. The second-order valence-electron chi connectivity index (χ2n) is 8.18. The molecule has 2 saturated heterocycles. The molecule has 3 heterocycles. The van der Waals surface area contributed by atoms with Crippen LogP contribution in [0, 0.1) is 0 Å². The Bertz CT molecular complexity index is 886. The molecule has 0 radical (unpaired) electrons. The third kappa shape index (κ3) is 7.33.